The van der Waals surface area contributed by atoms with E-state index in [0.29, 0.717) is 5.56 Å². The van der Waals surface area contributed by atoms with Crippen LogP contribution in [-0.4, -0.2) is 10.8 Å². The molecule has 2 nitrogen and oxygen atoms in total. The standard InChI is InChI=1S/C13H8Cl2FNO/c14-12-8(5-6-17-13(12)15)7-11(18)9-3-1-2-4-10(9)16/h1-6H,7H2. The van der Waals surface area contributed by atoms with Crippen LogP contribution in [0.5, 0.6) is 0 Å². The van der Waals surface area contributed by atoms with E-state index in [1.807, 2.05) is 0 Å². The molecule has 0 aliphatic carbocycles. The summed E-state index contributed by atoms with van der Waals surface area (Å²) in [5.74, 6) is -0.893. The Hall–Kier alpha value is -1.45. The van der Waals surface area contributed by atoms with Crippen LogP contribution in [0.2, 0.25) is 10.2 Å². The molecular weight excluding hydrogens is 276 g/mol. The van der Waals surface area contributed by atoms with Crippen molar-refractivity contribution in [2.24, 2.45) is 0 Å². The van der Waals surface area contributed by atoms with Gasteiger partial charge in [0.25, 0.3) is 0 Å². The van der Waals surface area contributed by atoms with E-state index in [1.54, 1.807) is 12.1 Å². The van der Waals surface area contributed by atoms with Crippen LogP contribution in [0, 0.1) is 5.82 Å². The van der Waals surface area contributed by atoms with Gasteiger partial charge in [0, 0.05) is 12.6 Å². The van der Waals surface area contributed by atoms with Crippen LogP contribution in [0.1, 0.15) is 15.9 Å². The minimum Gasteiger partial charge on any atom is -0.294 e. The number of Topliss-reactive ketones (excluding diaryl/α,β-unsaturated/α-hetero) is 1. The van der Waals surface area contributed by atoms with E-state index in [0.717, 1.165) is 0 Å². The molecule has 0 atom stereocenters. The van der Waals surface area contributed by atoms with E-state index in [-0.39, 0.29) is 27.9 Å². The second kappa shape index (κ2) is 5.46. The van der Waals surface area contributed by atoms with E-state index >= 15 is 0 Å². The van der Waals surface area contributed by atoms with E-state index in [9.17, 15) is 9.18 Å². The van der Waals surface area contributed by atoms with E-state index in [1.165, 1.54) is 24.4 Å². The minimum absolute atomic E-state index is 0.0119. The van der Waals surface area contributed by atoms with Crippen LogP contribution in [0.4, 0.5) is 4.39 Å². The van der Waals surface area contributed by atoms with Crippen LogP contribution in [0.25, 0.3) is 0 Å². The van der Waals surface area contributed by atoms with Gasteiger partial charge in [-0.15, -0.1) is 0 Å². The van der Waals surface area contributed by atoms with E-state index in [2.05, 4.69) is 4.98 Å². The number of aromatic nitrogens is 1. The Balaban J connectivity index is 2.27. The first-order valence-corrected chi connectivity index (χ1v) is 5.92. The van der Waals surface area contributed by atoms with Crippen LogP contribution < -0.4 is 0 Å². The zero-order valence-electron chi connectivity index (χ0n) is 9.16. The highest BCUT2D eigenvalue weighted by Gasteiger charge is 2.14. The van der Waals surface area contributed by atoms with Gasteiger partial charge in [0.15, 0.2) is 5.78 Å². The van der Waals surface area contributed by atoms with Crippen molar-refractivity contribution in [1.82, 2.24) is 4.98 Å². The zero-order valence-corrected chi connectivity index (χ0v) is 10.7. The van der Waals surface area contributed by atoms with Gasteiger partial charge in [0.1, 0.15) is 11.0 Å². The molecule has 0 amide bonds. The molecular formula is C13H8Cl2FNO. The Labute approximate surface area is 113 Å². The van der Waals surface area contributed by atoms with Crippen molar-refractivity contribution in [2.45, 2.75) is 6.42 Å². The van der Waals surface area contributed by atoms with Gasteiger partial charge in [-0.3, -0.25) is 4.79 Å². The Bertz CT molecular complexity index is 601. The number of benzene rings is 1. The monoisotopic (exact) mass is 283 g/mol. The number of ketones is 1. The highest BCUT2D eigenvalue weighted by molar-refractivity contribution is 6.41. The first-order valence-electron chi connectivity index (χ1n) is 5.16. The average molecular weight is 284 g/mol. The quantitative estimate of drug-likeness (QED) is 0.631. The first kappa shape index (κ1) is 13.0. The highest BCUT2D eigenvalue weighted by Crippen LogP contribution is 2.24. The van der Waals surface area contributed by atoms with Gasteiger partial charge < -0.3 is 0 Å². The van der Waals surface area contributed by atoms with Crippen molar-refractivity contribution in [2.75, 3.05) is 0 Å². The molecule has 1 aromatic carbocycles. The molecule has 18 heavy (non-hydrogen) atoms. The van der Waals surface area contributed by atoms with Gasteiger partial charge in [-0.05, 0) is 23.8 Å². The van der Waals surface area contributed by atoms with E-state index in [4.69, 9.17) is 23.2 Å². The van der Waals surface area contributed by atoms with Gasteiger partial charge in [-0.2, -0.15) is 0 Å². The second-order valence-corrected chi connectivity index (χ2v) is 4.39. The van der Waals surface area contributed by atoms with Crippen molar-refractivity contribution < 1.29 is 9.18 Å². The van der Waals surface area contributed by atoms with Crippen molar-refractivity contribution in [1.29, 1.82) is 0 Å². The topological polar surface area (TPSA) is 30.0 Å². The largest absolute Gasteiger partial charge is 0.294 e. The molecule has 5 heteroatoms. The molecule has 0 fully saturated rings. The van der Waals surface area contributed by atoms with E-state index < -0.39 is 5.82 Å². The number of rotatable bonds is 3. The molecule has 92 valence electrons. The van der Waals surface area contributed by atoms with Gasteiger partial charge >= 0.3 is 0 Å². The molecule has 0 bridgehead atoms. The molecule has 0 unspecified atom stereocenters. The first-order chi connectivity index (χ1) is 8.59. The predicted molar refractivity (Wildman–Crippen MR) is 68.7 cm³/mol. The number of hydrogen-bond donors (Lipinski definition) is 0. The van der Waals surface area contributed by atoms with Crippen molar-refractivity contribution in [3.63, 3.8) is 0 Å². The summed E-state index contributed by atoms with van der Waals surface area (Å²) in [7, 11) is 0. The lowest BCUT2D eigenvalue weighted by molar-refractivity contribution is 0.0989. The smallest absolute Gasteiger partial charge is 0.170 e. The Morgan fingerprint density at radius 2 is 1.94 bits per heavy atom. The number of hydrogen-bond acceptors (Lipinski definition) is 2. The summed E-state index contributed by atoms with van der Waals surface area (Å²) in [5, 5.41) is 0.361. The molecule has 2 aromatic rings. The van der Waals surface area contributed by atoms with Gasteiger partial charge in [-0.1, -0.05) is 35.3 Å². The predicted octanol–water partition coefficient (Wildman–Crippen LogP) is 3.95. The molecule has 0 radical (unpaired) electrons. The second-order valence-electron chi connectivity index (χ2n) is 3.65. The minimum atomic E-state index is -0.543. The van der Waals surface area contributed by atoms with Crippen molar-refractivity contribution >= 4 is 29.0 Å². The summed E-state index contributed by atoms with van der Waals surface area (Å²) >= 11 is 11.7. The average Bonchev–Trinajstić information content (AvgIpc) is 2.35. The third kappa shape index (κ3) is 2.68. The molecule has 0 aliphatic heterocycles. The summed E-state index contributed by atoms with van der Waals surface area (Å²) in [4.78, 5) is 15.7. The SMILES string of the molecule is O=C(Cc1ccnc(Cl)c1Cl)c1ccccc1F. The molecule has 1 aromatic heterocycles. The van der Waals surface area contributed by atoms with Gasteiger partial charge in [0.2, 0.25) is 0 Å². The lowest BCUT2D eigenvalue weighted by atomic mass is 10.0. The molecule has 2 rings (SSSR count). The number of pyridine rings is 1. The number of nitrogens with zero attached hydrogens (tertiary/aromatic N) is 1. The fourth-order valence-electron chi connectivity index (χ4n) is 1.55. The maximum atomic E-state index is 13.4. The summed E-state index contributed by atoms with van der Waals surface area (Å²) in [6.45, 7) is 0. The summed E-state index contributed by atoms with van der Waals surface area (Å²) in [5.41, 5.74) is 0.575. The molecule has 0 N–H and O–H groups in total. The highest BCUT2D eigenvalue weighted by atomic mass is 35.5. The zero-order chi connectivity index (χ0) is 13.1. The number of halogens is 3. The molecule has 0 saturated heterocycles. The lowest BCUT2D eigenvalue weighted by Crippen LogP contribution is -2.06. The summed E-state index contributed by atoms with van der Waals surface area (Å²) in [6, 6.07) is 7.41. The van der Waals surface area contributed by atoms with Crippen LogP contribution in [0.3, 0.4) is 0 Å². The Kier molecular flexibility index (Phi) is 3.94. The van der Waals surface area contributed by atoms with Crippen LogP contribution in [-0.2, 0) is 6.42 Å². The van der Waals surface area contributed by atoms with Crippen molar-refractivity contribution in [3.05, 3.63) is 63.6 Å². The Morgan fingerprint density at radius 3 is 2.67 bits per heavy atom. The van der Waals surface area contributed by atoms with Crippen molar-refractivity contribution in [3.8, 4) is 0 Å². The van der Waals surface area contributed by atoms with Gasteiger partial charge in [-0.25, -0.2) is 9.37 Å². The fraction of sp³-hybridized carbons (Fsp3) is 0.0769. The van der Waals surface area contributed by atoms with Crippen LogP contribution in [0.15, 0.2) is 36.5 Å². The fourth-order valence-corrected chi connectivity index (χ4v) is 1.90. The lowest BCUT2D eigenvalue weighted by Gasteiger charge is -2.05. The molecule has 0 spiro atoms. The number of carbonyl (C=O) groups excluding carboxylic acids is 1. The third-order valence-electron chi connectivity index (χ3n) is 2.45. The number of carbonyl (C=O) groups is 1. The molecule has 0 aliphatic rings. The normalized spacial score (nSPS) is 10.4. The molecule has 0 saturated carbocycles. The third-order valence-corrected chi connectivity index (χ3v) is 3.26. The van der Waals surface area contributed by atoms with Gasteiger partial charge in [0.05, 0.1) is 10.6 Å². The molecule has 1 heterocycles. The van der Waals surface area contributed by atoms with Crippen LogP contribution >= 0.6 is 23.2 Å². The maximum absolute atomic E-state index is 13.4. The summed E-state index contributed by atoms with van der Waals surface area (Å²) < 4.78 is 13.4. The Morgan fingerprint density at radius 1 is 1.22 bits per heavy atom. The summed E-state index contributed by atoms with van der Waals surface area (Å²) in [6.07, 6.45) is 1.44. The maximum Gasteiger partial charge on any atom is 0.170 e.